The molecule has 5 nitrogen and oxygen atoms in total. The average Bonchev–Trinajstić information content (AvgIpc) is 2.42. The van der Waals surface area contributed by atoms with E-state index in [1.54, 1.807) is 0 Å². The standard InChI is InChI=1S/C14H20BrN3O2/c1-10-6-11(15)2-3-13(10)17-14(19)9-18-4-5-20-12(7-16)8-18/h2-3,6,12H,4-5,7-9,16H2,1H3,(H,17,19). The normalized spacial score (nSPS) is 19.9. The maximum Gasteiger partial charge on any atom is 0.238 e. The van der Waals surface area contributed by atoms with Gasteiger partial charge in [-0.15, -0.1) is 0 Å². The maximum atomic E-state index is 12.1. The number of anilines is 1. The SMILES string of the molecule is Cc1cc(Br)ccc1NC(=O)CN1CCOC(CN)C1. The first-order valence-corrected chi connectivity index (χ1v) is 7.48. The van der Waals surface area contributed by atoms with Crippen LogP contribution in [0.15, 0.2) is 22.7 Å². The molecule has 1 heterocycles. The summed E-state index contributed by atoms with van der Waals surface area (Å²) in [6.45, 7) is 4.94. The van der Waals surface area contributed by atoms with Crippen LogP contribution in [-0.4, -0.2) is 49.7 Å². The summed E-state index contributed by atoms with van der Waals surface area (Å²) in [5.41, 5.74) is 7.48. The third-order valence-electron chi connectivity index (χ3n) is 3.32. The quantitative estimate of drug-likeness (QED) is 0.867. The number of carbonyl (C=O) groups is 1. The van der Waals surface area contributed by atoms with E-state index in [1.165, 1.54) is 0 Å². The Labute approximate surface area is 127 Å². The lowest BCUT2D eigenvalue weighted by molar-refractivity contribution is -0.119. The minimum absolute atomic E-state index is 0.00639. The van der Waals surface area contributed by atoms with Crippen molar-refractivity contribution in [1.29, 1.82) is 0 Å². The number of morpholine rings is 1. The van der Waals surface area contributed by atoms with E-state index in [0.29, 0.717) is 26.2 Å². The minimum atomic E-state index is -0.00639. The number of nitrogens with zero attached hydrogens (tertiary/aromatic N) is 1. The Morgan fingerprint density at radius 2 is 2.40 bits per heavy atom. The van der Waals surface area contributed by atoms with Gasteiger partial charge in [0, 0.05) is 29.8 Å². The van der Waals surface area contributed by atoms with E-state index in [1.807, 2.05) is 25.1 Å². The highest BCUT2D eigenvalue weighted by molar-refractivity contribution is 9.10. The summed E-state index contributed by atoms with van der Waals surface area (Å²) in [7, 11) is 0. The van der Waals surface area contributed by atoms with Gasteiger partial charge in [-0.1, -0.05) is 15.9 Å². The lowest BCUT2D eigenvalue weighted by Gasteiger charge is -2.31. The molecule has 1 aromatic rings. The molecule has 3 N–H and O–H groups in total. The molecule has 20 heavy (non-hydrogen) atoms. The predicted molar refractivity (Wildman–Crippen MR) is 82.7 cm³/mol. The molecule has 1 amide bonds. The highest BCUT2D eigenvalue weighted by Crippen LogP contribution is 2.20. The van der Waals surface area contributed by atoms with Crippen molar-refractivity contribution in [2.24, 2.45) is 5.73 Å². The van der Waals surface area contributed by atoms with Gasteiger partial charge in [-0.25, -0.2) is 0 Å². The summed E-state index contributed by atoms with van der Waals surface area (Å²) in [4.78, 5) is 14.2. The molecular formula is C14H20BrN3O2. The summed E-state index contributed by atoms with van der Waals surface area (Å²) >= 11 is 3.41. The van der Waals surface area contributed by atoms with Gasteiger partial charge in [0.1, 0.15) is 0 Å². The Hall–Kier alpha value is -0.950. The second kappa shape index (κ2) is 7.17. The van der Waals surface area contributed by atoms with Crippen molar-refractivity contribution < 1.29 is 9.53 Å². The summed E-state index contributed by atoms with van der Waals surface area (Å²) in [6, 6.07) is 5.80. The molecular weight excluding hydrogens is 322 g/mol. The van der Waals surface area contributed by atoms with Crippen LogP contribution in [0.2, 0.25) is 0 Å². The van der Waals surface area contributed by atoms with Gasteiger partial charge in [0.25, 0.3) is 0 Å². The number of hydrogen-bond donors (Lipinski definition) is 2. The summed E-state index contributed by atoms with van der Waals surface area (Å²) < 4.78 is 6.49. The van der Waals surface area contributed by atoms with Crippen LogP contribution in [0.3, 0.4) is 0 Å². The molecule has 0 aliphatic carbocycles. The zero-order chi connectivity index (χ0) is 14.5. The number of benzene rings is 1. The molecule has 1 aliphatic heterocycles. The first kappa shape index (κ1) is 15.4. The maximum absolute atomic E-state index is 12.1. The van der Waals surface area contributed by atoms with Crippen molar-refractivity contribution in [2.75, 3.05) is 38.1 Å². The number of halogens is 1. The number of carbonyl (C=O) groups excluding carboxylic acids is 1. The third kappa shape index (κ3) is 4.28. The van der Waals surface area contributed by atoms with E-state index in [4.69, 9.17) is 10.5 Å². The zero-order valence-electron chi connectivity index (χ0n) is 11.6. The van der Waals surface area contributed by atoms with Crippen LogP contribution >= 0.6 is 15.9 Å². The number of ether oxygens (including phenoxy) is 1. The fraction of sp³-hybridized carbons (Fsp3) is 0.500. The van der Waals surface area contributed by atoms with Crippen molar-refractivity contribution in [3.63, 3.8) is 0 Å². The third-order valence-corrected chi connectivity index (χ3v) is 3.81. The number of hydrogen-bond acceptors (Lipinski definition) is 4. The van der Waals surface area contributed by atoms with Gasteiger partial charge in [0.15, 0.2) is 0 Å². The Bertz CT molecular complexity index is 481. The molecule has 0 saturated carbocycles. The van der Waals surface area contributed by atoms with Crippen LogP contribution in [0.4, 0.5) is 5.69 Å². The highest BCUT2D eigenvalue weighted by atomic mass is 79.9. The van der Waals surface area contributed by atoms with Crippen LogP contribution in [0.25, 0.3) is 0 Å². The summed E-state index contributed by atoms with van der Waals surface area (Å²) in [5.74, 6) is -0.00639. The molecule has 1 fully saturated rings. The van der Waals surface area contributed by atoms with Gasteiger partial charge in [0.05, 0.1) is 19.3 Å². The van der Waals surface area contributed by atoms with Gasteiger partial charge < -0.3 is 15.8 Å². The molecule has 0 bridgehead atoms. The molecule has 1 unspecified atom stereocenters. The number of nitrogens with one attached hydrogen (secondary N) is 1. The van der Waals surface area contributed by atoms with E-state index in [2.05, 4.69) is 26.1 Å². The van der Waals surface area contributed by atoms with Crippen LogP contribution in [0, 0.1) is 6.92 Å². The summed E-state index contributed by atoms with van der Waals surface area (Å²) in [6.07, 6.45) is 0.0333. The molecule has 6 heteroatoms. The monoisotopic (exact) mass is 341 g/mol. The second-order valence-electron chi connectivity index (χ2n) is 4.97. The number of amides is 1. The van der Waals surface area contributed by atoms with Crippen molar-refractivity contribution in [3.05, 3.63) is 28.2 Å². The molecule has 110 valence electrons. The Kier molecular flexibility index (Phi) is 5.54. The fourth-order valence-electron chi connectivity index (χ4n) is 2.23. The fourth-order valence-corrected chi connectivity index (χ4v) is 2.70. The van der Waals surface area contributed by atoms with Crippen molar-refractivity contribution in [2.45, 2.75) is 13.0 Å². The average molecular weight is 342 g/mol. The van der Waals surface area contributed by atoms with E-state index >= 15 is 0 Å². The Morgan fingerprint density at radius 3 is 3.10 bits per heavy atom. The van der Waals surface area contributed by atoms with E-state index < -0.39 is 0 Å². The smallest absolute Gasteiger partial charge is 0.238 e. The van der Waals surface area contributed by atoms with Crippen LogP contribution in [0.1, 0.15) is 5.56 Å². The topological polar surface area (TPSA) is 67.6 Å². The van der Waals surface area contributed by atoms with Crippen molar-refractivity contribution in [3.8, 4) is 0 Å². The predicted octanol–water partition coefficient (Wildman–Crippen LogP) is 1.36. The number of nitrogens with two attached hydrogens (primary N) is 1. The molecule has 0 aromatic heterocycles. The lowest BCUT2D eigenvalue weighted by Crippen LogP contribution is -2.48. The molecule has 1 aromatic carbocycles. The van der Waals surface area contributed by atoms with Gasteiger partial charge in [-0.05, 0) is 30.7 Å². The minimum Gasteiger partial charge on any atom is -0.374 e. The molecule has 0 spiro atoms. The molecule has 2 rings (SSSR count). The second-order valence-corrected chi connectivity index (χ2v) is 5.89. The van der Waals surface area contributed by atoms with E-state index in [0.717, 1.165) is 22.3 Å². The van der Waals surface area contributed by atoms with E-state index in [9.17, 15) is 4.79 Å². The molecule has 1 atom stereocenters. The van der Waals surface area contributed by atoms with Crippen molar-refractivity contribution >= 4 is 27.5 Å². The lowest BCUT2D eigenvalue weighted by atomic mass is 10.2. The Balaban J connectivity index is 1.88. The van der Waals surface area contributed by atoms with Crippen LogP contribution < -0.4 is 11.1 Å². The zero-order valence-corrected chi connectivity index (χ0v) is 13.1. The highest BCUT2D eigenvalue weighted by Gasteiger charge is 2.21. The largest absolute Gasteiger partial charge is 0.374 e. The summed E-state index contributed by atoms with van der Waals surface area (Å²) in [5, 5.41) is 2.94. The first-order chi connectivity index (χ1) is 9.58. The van der Waals surface area contributed by atoms with Gasteiger partial charge in [-0.2, -0.15) is 0 Å². The molecule has 1 aliphatic rings. The van der Waals surface area contributed by atoms with Gasteiger partial charge in [-0.3, -0.25) is 9.69 Å². The van der Waals surface area contributed by atoms with Crippen molar-refractivity contribution in [1.82, 2.24) is 4.90 Å². The molecule has 0 radical (unpaired) electrons. The number of aryl methyl sites for hydroxylation is 1. The molecule has 1 saturated heterocycles. The van der Waals surface area contributed by atoms with Gasteiger partial charge >= 0.3 is 0 Å². The van der Waals surface area contributed by atoms with Crippen LogP contribution in [0.5, 0.6) is 0 Å². The Morgan fingerprint density at radius 1 is 1.60 bits per heavy atom. The van der Waals surface area contributed by atoms with E-state index in [-0.39, 0.29) is 12.0 Å². The van der Waals surface area contributed by atoms with Crippen LogP contribution in [-0.2, 0) is 9.53 Å². The number of rotatable bonds is 4. The van der Waals surface area contributed by atoms with Gasteiger partial charge in [0.2, 0.25) is 5.91 Å². The first-order valence-electron chi connectivity index (χ1n) is 6.68.